The highest BCUT2D eigenvalue weighted by Crippen LogP contribution is 1.94. The van der Waals surface area contributed by atoms with Crippen LogP contribution in [0.15, 0.2) is 0 Å². The van der Waals surface area contributed by atoms with Gasteiger partial charge in [0.1, 0.15) is 6.79 Å². The second kappa shape index (κ2) is 10.5. The summed E-state index contributed by atoms with van der Waals surface area (Å²) in [7, 11) is 0. The Balaban J connectivity index is 2.78. The molecule has 0 aromatic heterocycles. The molecule has 0 N–H and O–H groups in total. The minimum absolute atomic E-state index is 0.421. The monoisotopic (exact) mass is 170 g/mol. The van der Waals surface area contributed by atoms with Crippen LogP contribution in [0.2, 0.25) is 0 Å². The topological polar surface area (TPSA) is 18.5 Å². The van der Waals surface area contributed by atoms with Crippen molar-refractivity contribution < 1.29 is 9.47 Å². The third kappa shape index (κ3) is 9.48. The fraction of sp³-hybridized carbons (Fsp3) is 0.800. The standard InChI is InChI=1S/C10H18O2/c1-3-5-6-7-9-12-10-11-8-4-2/h1H,4-10H2,2H3. The number of hydrogen-bond acceptors (Lipinski definition) is 2. The van der Waals surface area contributed by atoms with E-state index < -0.39 is 0 Å². The zero-order valence-electron chi connectivity index (χ0n) is 7.84. The van der Waals surface area contributed by atoms with Gasteiger partial charge in [-0.3, -0.25) is 0 Å². The molecular formula is C10H18O2. The Labute approximate surface area is 75.3 Å². The molecule has 0 aliphatic rings. The highest BCUT2D eigenvalue weighted by Gasteiger charge is 1.88. The van der Waals surface area contributed by atoms with E-state index in [4.69, 9.17) is 15.9 Å². The lowest BCUT2D eigenvalue weighted by molar-refractivity contribution is -0.0542. The number of terminal acetylenes is 1. The van der Waals surface area contributed by atoms with Gasteiger partial charge >= 0.3 is 0 Å². The van der Waals surface area contributed by atoms with E-state index in [2.05, 4.69) is 12.8 Å². The maximum Gasteiger partial charge on any atom is 0.146 e. The van der Waals surface area contributed by atoms with Gasteiger partial charge in [0, 0.05) is 19.6 Å². The van der Waals surface area contributed by atoms with E-state index in [1.54, 1.807) is 0 Å². The number of unbranched alkanes of at least 4 members (excludes halogenated alkanes) is 2. The molecule has 0 bridgehead atoms. The molecule has 70 valence electrons. The first-order valence-corrected chi connectivity index (χ1v) is 4.50. The van der Waals surface area contributed by atoms with Crippen molar-refractivity contribution in [1.82, 2.24) is 0 Å². The van der Waals surface area contributed by atoms with Gasteiger partial charge in [-0.1, -0.05) is 6.92 Å². The summed E-state index contributed by atoms with van der Waals surface area (Å²) in [6.45, 7) is 4.03. The molecule has 0 rings (SSSR count). The molecule has 0 aromatic carbocycles. The van der Waals surface area contributed by atoms with E-state index in [9.17, 15) is 0 Å². The molecule has 0 radical (unpaired) electrons. The number of rotatable bonds is 8. The molecule has 0 atom stereocenters. The minimum atomic E-state index is 0.421. The van der Waals surface area contributed by atoms with E-state index in [-0.39, 0.29) is 0 Å². The normalized spacial score (nSPS) is 9.67. The van der Waals surface area contributed by atoms with Crippen molar-refractivity contribution >= 4 is 0 Å². The smallest absolute Gasteiger partial charge is 0.146 e. The molecule has 0 spiro atoms. The SMILES string of the molecule is C#CCCCCOCOCCC. The van der Waals surface area contributed by atoms with Crippen LogP contribution in [0.4, 0.5) is 0 Å². The highest BCUT2D eigenvalue weighted by molar-refractivity contribution is 4.82. The van der Waals surface area contributed by atoms with Crippen molar-refractivity contribution in [1.29, 1.82) is 0 Å². The van der Waals surface area contributed by atoms with Crippen LogP contribution in [0.3, 0.4) is 0 Å². The van der Waals surface area contributed by atoms with Gasteiger partial charge in [-0.25, -0.2) is 0 Å². The largest absolute Gasteiger partial charge is 0.355 e. The van der Waals surface area contributed by atoms with E-state index >= 15 is 0 Å². The third-order valence-electron chi connectivity index (χ3n) is 1.37. The van der Waals surface area contributed by atoms with Crippen LogP contribution in [0.5, 0.6) is 0 Å². The van der Waals surface area contributed by atoms with Gasteiger partial charge in [-0.05, 0) is 19.3 Å². The first-order valence-electron chi connectivity index (χ1n) is 4.50. The zero-order chi connectivity index (χ0) is 9.07. The molecular weight excluding hydrogens is 152 g/mol. The van der Waals surface area contributed by atoms with Gasteiger partial charge < -0.3 is 9.47 Å². The molecule has 0 saturated carbocycles. The van der Waals surface area contributed by atoms with Crippen molar-refractivity contribution in [2.75, 3.05) is 20.0 Å². The third-order valence-corrected chi connectivity index (χ3v) is 1.37. The van der Waals surface area contributed by atoms with Crippen molar-refractivity contribution in [2.24, 2.45) is 0 Å². The summed E-state index contributed by atoms with van der Waals surface area (Å²) in [6, 6.07) is 0. The molecule has 0 heterocycles. The van der Waals surface area contributed by atoms with Gasteiger partial charge in [-0.2, -0.15) is 0 Å². The number of hydrogen-bond donors (Lipinski definition) is 0. The molecule has 2 heteroatoms. The van der Waals surface area contributed by atoms with Crippen molar-refractivity contribution in [2.45, 2.75) is 32.6 Å². The highest BCUT2D eigenvalue weighted by atomic mass is 16.7. The molecule has 0 aliphatic carbocycles. The van der Waals surface area contributed by atoms with E-state index in [0.29, 0.717) is 6.79 Å². The number of ether oxygens (including phenoxy) is 2. The van der Waals surface area contributed by atoms with Gasteiger partial charge in [-0.15, -0.1) is 12.3 Å². The second-order valence-corrected chi connectivity index (χ2v) is 2.60. The summed E-state index contributed by atoms with van der Waals surface area (Å²) in [6.07, 6.45) is 9.06. The minimum Gasteiger partial charge on any atom is -0.355 e. The van der Waals surface area contributed by atoms with Crippen LogP contribution in [-0.4, -0.2) is 20.0 Å². The Bertz CT molecular complexity index is 115. The maximum absolute atomic E-state index is 5.19. The second-order valence-electron chi connectivity index (χ2n) is 2.60. The zero-order valence-corrected chi connectivity index (χ0v) is 7.84. The molecule has 12 heavy (non-hydrogen) atoms. The van der Waals surface area contributed by atoms with E-state index in [1.165, 1.54) is 0 Å². The quantitative estimate of drug-likeness (QED) is 0.316. The van der Waals surface area contributed by atoms with Gasteiger partial charge in [0.25, 0.3) is 0 Å². The van der Waals surface area contributed by atoms with Gasteiger partial charge in [0.05, 0.1) is 0 Å². The molecule has 0 fully saturated rings. The van der Waals surface area contributed by atoms with Crippen LogP contribution < -0.4 is 0 Å². The van der Waals surface area contributed by atoms with Crippen LogP contribution in [-0.2, 0) is 9.47 Å². The predicted molar refractivity (Wildman–Crippen MR) is 49.7 cm³/mol. The van der Waals surface area contributed by atoms with E-state index in [1.807, 2.05) is 0 Å². The Morgan fingerprint density at radius 1 is 1.17 bits per heavy atom. The first-order chi connectivity index (χ1) is 5.91. The summed E-state index contributed by atoms with van der Waals surface area (Å²) in [5.41, 5.74) is 0. The lowest BCUT2D eigenvalue weighted by atomic mass is 10.2. The summed E-state index contributed by atoms with van der Waals surface area (Å²) >= 11 is 0. The summed E-state index contributed by atoms with van der Waals surface area (Å²) in [4.78, 5) is 0. The molecule has 0 amide bonds. The Morgan fingerprint density at radius 2 is 1.92 bits per heavy atom. The molecule has 0 unspecified atom stereocenters. The van der Waals surface area contributed by atoms with Crippen molar-refractivity contribution in [3.63, 3.8) is 0 Å². The average molecular weight is 170 g/mol. The molecule has 0 aliphatic heterocycles. The van der Waals surface area contributed by atoms with Gasteiger partial charge in [0.2, 0.25) is 0 Å². The summed E-state index contributed by atoms with van der Waals surface area (Å²) < 4.78 is 10.3. The Morgan fingerprint density at radius 3 is 2.58 bits per heavy atom. The van der Waals surface area contributed by atoms with Gasteiger partial charge in [0.15, 0.2) is 0 Å². The summed E-state index contributed by atoms with van der Waals surface area (Å²) in [5, 5.41) is 0. The predicted octanol–water partition coefficient (Wildman–Crippen LogP) is 2.19. The van der Waals surface area contributed by atoms with Crippen molar-refractivity contribution in [3.8, 4) is 12.3 Å². The lowest BCUT2D eigenvalue weighted by Gasteiger charge is -2.03. The molecule has 0 saturated heterocycles. The maximum atomic E-state index is 5.19. The van der Waals surface area contributed by atoms with E-state index in [0.717, 1.165) is 38.9 Å². The Kier molecular flexibility index (Phi) is 10.0. The van der Waals surface area contributed by atoms with Crippen LogP contribution >= 0.6 is 0 Å². The first kappa shape index (κ1) is 11.5. The lowest BCUT2D eigenvalue weighted by Crippen LogP contribution is -2.01. The fourth-order valence-corrected chi connectivity index (χ4v) is 0.752. The summed E-state index contributed by atoms with van der Waals surface area (Å²) in [5.74, 6) is 2.59. The molecule has 2 nitrogen and oxygen atoms in total. The fourth-order valence-electron chi connectivity index (χ4n) is 0.752. The average Bonchev–Trinajstić information content (AvgIpc) is 2.10. The Hall–Kier alpha value is -0.520. The van der Waals surface area contributed by atoms with Crippen LogP contribution in [0.25, 0.3) is 0 Å². The van der Waals surface area contributed by atoms with Crippen LogP contribution in [0.1, 0.15) is 32.6 Å². The van der Waals surface area contributed by atoms with Crippen LogP contribution in [0, 0.1) is 12.3 Å². The van der Waals surface area contributed by atoms with Crippen molar-refractivity contribution in [3.05, 3.63) is 0 Å². The molecule has 0 aromatic rings.